The van der Waals surface area contributed by atoms with Crippen molar-refractivity contribution in [2.24, 2.45) is 5.92 Å². The van der Waals surface area contributed by atoms with Gasteiger partial charge >= 0.3 is 6.03 Å². The molecule has 2 N–H and O–H groups in total. The van der Waals surface area contributed by atoms with Gasteiger partial charge in [-0.2, -0.15) is 0 Å². The molecule has 2 amide bonds. The lowest BCUT2D eigenvalue weighted by Crippen LogP contribution is -2.33. The Kier molecular flexibility index (Phi) is 5.98. The molecule has 1 aromatic carbocycles. The highest BCUT2D eigenvalue weighted by Crippen LogP contribution is 2.04. The van der Waals surface area contributed by atoms with E-state index >= 15 is 0 Å². The molecule has 3 nitrogen and oxygen atoms in total. The summed E-state index contributed by atoms with van der Waals surface area (Å²) in [4.78, 5) is 11.4. The van der Waals surface area contributed by atoms with Gasteiger partial charge in [-0.3, -0.25) is 0 Å². The first kappa shape index (κ1) is 14.3. The van der Waals surface area contributed by atoms with Crippen LogP contribution in [0.4, 0.5) is 4.79 Å². The minimum absolute atomic E-state index is 0.153. The third-order valence-corrected chi connectivity index (χ3v) is 2.54. The summed E-state index contributed by atoms with van der Waals surface area (Å²) in [6, 6.07) is 7.96. The Morgan fingerprint density at radius 1 is 1.39 bits per heavy atom. The van der Waals surface area contributed by atoms with Crippen LogP contribution in [0.2, 0.25) is 0 Å². The molecule has 0 radical (unpaired) electrons. The summed E-state index contributed by atoms with van der Waals surface area (Å²) in [5.41, 5.74) is 2.29. The van der Waals surface area contributed by atoms with Gasteiger partial charge in [0.25, 0.3) is 0 Å². The molecule has 0 fully saturated rings. The topological polar surface area (TPSA) is 41.1 Å². The summed E-state index contributed by atoms with van der Waals surface area (Å²) in [7, 11) is 0. The Morgan fingerprint density at radius 3 is 2.83 bits per heavy atom. The van der Waals surface area contributed by atoms with Crippen molar-refractivity contribution in [3.8, 4) is 0 Å². The molecular weight excluding hydrogens is 224 g/mol. The highest BCUT2D eigenvalue weighted by atomic mass is 16.2. The van der Waals surface area contributed by atoms with Crippen LogP contribution in [0.3, 0.4) is 0 Å². The van der Waals surface area contributed by atoms with Crippen molar-refractivity contribution in [3.63, 3.8) is 0 Å². The second-order valence-corrected chi connectivity index (χ2v) is 4.83. The van der Waals surface area contributed by atoms with Crippen molar-refractivity contribution in [1.29, 1.82) is 0 Å². The molecule has 0 aliphatic heterocycles. The summed E-state index contributed by atoms with van der Waals surface area (Å²) >= 11 is 0. The maximum absolute atomic E-state index is 11.4. The first-order chi connectivity index (χ1) is 8.58. The quantitative estimate of drug-likeness (QED) is 0.822. The van der Waals surface area contributed by atoms with Crippen LogP contribution in [0.25, 0.3) is 6.08 Å². The molecule has 1 rings (SSSR count). The normalized spacial score (nSPS) is 10.9. The van der Waals surface area contributed by atoms with E-state index in [0.717, 1.165) is 12.0 Å². The fourth-order valence-corrected chi connectivity index (χ4v) is 1.51. The molecule has 0 unspecified atom stereocenters. The number of aryl methyl sites for hydroxylation is 1. The highest BCUT2D eigenvalue weighted by Gasteiger charge is 1.97. The number of rotatable bonds is 5. The van der Waals surface area contributed by atoms with Gasteiger partial charge in [0.1, 0.15) is 0 Å². The van der Waals surface area contributed by atoms with Gasteiger partial charge in [-0.15, -0.1) is 0 Å². The van der Waals surface area contributed by atoms with Gasteiger partial charge in [-0.25, -0.2) is 4.79 Å². The highest BCUT2D eigenvalue weighted by molar-refractivity contribution is 5.75. The molecule has 0 heterocycles. The molecule has 0 atom stereocenters. The molecule has 0 aliphatic carbocycles. The molecule has 0 aliphatic rings. The number of carbonyl (C=O) groups excluding carboxylic acids is 1. The van der Waals surface area contributed by atoms with E-state index in [0.29, 0.717) is 12.5 Å². The Labute approximate surface area is 109 Å². The first-order valence-corrected chi connectivity index (χ1v) is 6.35. The number of carbonyl (C=O) groups is 1. The second-order valence-electron chi connectivity index (χ2n) is 4.83. The smallest absolute Gasteiger partial charge is 0.318 e. The number of hydrogen-bond acceptors (Lipinski definition) is 1. The molecule has 1 aromatic rings. The zero-order valence-corrected chi connectivity index (χ0v) is 11.4. The lowest BCUT2D eigenvalue weighted by molar-refractivity contribution is 0.243. The van der Waals surface area contributed by atoms with Crippen LogP contribution >= 0.6 is 0 Å². The zero-order chi connectivity index (χ0) is 13.4. The van der Waals surface area contributed by atoms with Crippen LogP contribution in [0.5, 0.6) is 0 Å². The minimum Gasteiger partial charge on any atom is -0.338 e. The van der Waals surface area contributed by atoms with E-state index < -0.39 is 0 Å². The van der Waals surface area contributed by atoms with Crippen LogP contribution in [0.15, 0.2) is 30.5 Å². The van der Waals surface area contributed by atoms with Gasteiger partial charge in [-0.05, 0) is 30.9 Å². The average Bonchev–Trinajstić information content (AvgIpc) is 2.28. The van der Waals surface area contributed by atoms with Crippen molar-refractivity contribution in [1.82, 2.24) is 10.6 Å². The number of urea groups is 1. The first-order valence-electron chi connectivity index (χ1n) is 6.35. The van der Waals surface area contributed by atoms with Crippen LogP contribution < -0.4 is 10.6 Å². The zero-order valence-electron chi connectivity index (χ0n) is 11.4. The summed E-state index contributed by atoms with van der Waals surface area (Å²) in [6.45, 7) is 7.03. The fourth-order valence-electron chi connectivity index (χ4n) is 1.51. The molecule has 18 heavy (non-hydrogen) atoms. The maximum Gasteiger partial charge on any atom is 0.318 e. The largest absolute Gasteiger partial charge is 0.338 e. The number of nitrogens with one attached hydrogen (secondary N) is 2. The number of hydrogen-bond donors (Lipinski definition) is 2. The van der Waals surface area contributed by atoms with E-state index in [1.807, 2.05) is 31.2 Å². The molecular formula is C15H22N2O. The van der Waals surface area contributed by atoms with Crippen molar-refractivity contribution in [2.45, 2.75) is 27.2 Å². The van der Waals surface area contributed by atoms with Gasteiger partial charge in [0.05, 0.1) is 0 Å². The Hall–Kier alpha value is -1.77. The molecule has 0 bridgehead atoms. The van der Waals surface area contributed by atoms with E-state index in [1.165, 1.54) is 5.56 Å². The molecule has 0 saturated heterocycles. The predicted molar refractivity (Wildman–Crippen MR) is 76.2 cm³/mol. The van der Waals surface area contributed by atoms with Crippen molar-refractivity contribution >= 4 is 12.1 Å². The van der Waals surface area contributed by atoms with Crippen LogP contribution in [0, 0.1) is 12.8 Å². The Bertz CT molecular complexity index is 411. The molecule has 3 heteroatoms. The monoisotopic (exact) mass is 246 g/mol. The number of amides is 2. The van der Waals surface area contributed by atoms with E-state index in [2.05, 4.69) is 30.5 Å². The van der Waals surface area contributed by atoms with Gasteiger partial charge in [0.15, 0.2) is 0 Å². The van der Waals surface area contributed by atoms with E-state index in [4.69, 9.17) is 0 Å². The Balaban J connectivity index is 2.29. The van der Waals surface area contributed by atoms with Crippen molar-refractivity contribution < 1.29 is 4.79 Å². The van der Waals surface area contributed by atoms with Gasteiger partial charge < -0.3 is 10.6 Å². The van der Waals surface area contributed by atoms with Crippen LogP contribution in [-0.2, 0) is 0 Å². The average molecular weight is 246 g/mol. The standard InChI is InChI=1S/C15H22N2O/c1-12(2)7-9-16-15(18)17-10-8-14-6-4-5-13(3)11-14/h4-6,8,10-12H,7,9H2,1-3H3,(H2,16,17,18)/b10-8+. The predicted octanol–water partition coefficient (Wildman–Crippen LogP) is 3.31. The van der Waals surface area contributed by atoms with E-state index in [1.54, 1.807) is 6.20 Å². The summed E-state index contributed by atoms with van der Waals surface area (Å²) in [5, 5.41) is 5.50. The third-order valence-electron chi connectivity index (χ3n) is 2.54. The Morgan fingerprint density at radius 2 is 2.17 bits per heavy atom. The SMILES string of the molecule is Cc1cccc(/C=C/NC(=O)NCCC(C)C)c1. The number of benzene rings is 1. The molecule has 0 aromatic heterocycles. The second kappa shape index (κ2) is 7.54. The lowest BCUT2D eigenvalue weighted by Gasteiger charge is -2.06. The molecule has 0 saturated carbocycles. The maximum atomic E-state index is 11.4. The van der Waals surface area contributed by atoms with Crippen LogP contribution in [0.1, 0.15) is 31.4 Å². The fraction of sp³-hybridized carbons (Fsp3) is 0.400. The molecule has 0 spiro atoms. The lowest BCUT2D eigenvalue weighted by atomic mass is 10.1. The minimum atomic E-state index is -0.153. The van der Waals surface area contributed by atoms with Gasteiger partial charge in [0.2, 0.25) is 0 Å². The summed E-state index contributed by atoms with van der Waals surface area (Å²) < 4.78 is 0. The third kappa shape index (κ3) is 6.09. The van der Waals surface area contributed by atoms with Crippen LogP contribution in [-0.4, -0.2) is 12.6 Å². The van der Waals surface area contributed by atoms with E-state index in [-0.39, 0.29) is 6.03 Å². The van der Waals surface area contributed by atoms with Crippen molar-refractivity contribution in [2.75, 3.05) is 6.54 Å². The summed E-state index contributed by atoms with van der Waals surface area (Å²) in [5.74, 6) is 0.605. The van der Waals surface area contributed by atoms with Crippen molar-refractivity contribution in [3.05, 3.63) is 41.6 Å². The van der Waals surface area contributed by atoms with Gasteiger partial charge in [-0.1, -0.05) is 43.7 Å². The van der Waals surface area contributed by atoms with Gasteiger partial charge in [0, 0.05) is 12.7 Å². The summed E-state index contributed by atoms with van der Waals surface area (Å²) in [6.07, 6.45) is 4.55. The molecule has 98 valence electrons. The van der Waals surface area contributed by atoms with E-state index in [9.17, 15) is 4.79 Å².